The van der Waals surface area contributed by atoms with Crippen LogP contribution in [-0.4, -0.2) is 29.9 Å². The van der Waals surface area contributed by atoms with Crippen molar-refractivity contribution in [2.75, 3.05) is 13.2 Å². The molecule has 1 aromatic heterocycles. The first-order valence-electron chi connectivity index (χ1n) is 14.6. The van der Waals surface area contributed by atoms with Gasteiger partial charge in [0.05, 0.1) is 11.6 Å². The van der Waals surface area contributed by atoms with Gasteiger partial charge in [0.25, 0.3) is 5.91 Å². The summed E-state index contributed by atoms with van der Waals surface area (Å²) in [5.41, 5.74) is 1.55. The number of pyridine rings is 1. The number of aryl methyl sites for hydroxylation is 2. The number of carbonyl (C=O) groups is 2. The van der Waals surface area contributed by atoms with Gasteiger partial charge in [0.15, 0.2) is 11.9 Å². The number of hydrogen-bond donors (Lipinski definition) is 0. The highest BCUT2D eigenvalue weighted by Crippen LogP contribution is 2.26. The molecule has 2 amide bonds. The molecule has 0 fully saturated rings. The lowest BCUT2D eigenvalue weighted by Gasteiger charge is -2.19. The molecule has 0 aliphatic carbocycles. The summed E-state index contributed by atoms with van der Waals surface area (Å²) in [4.78, 5) is 26.6. The van der Waals surface area contributed by atoms with E-state index in [4.69, 9.17) is 16.3 Å². The van der Waals surface area contributed by atoms with E-state index in [1.807, 2.05) is 25.4 Å². The Morgan fingerprint density at radius 1 is 0.868 bits per heavy atom. The molecule has 0 saturated heterocycles. The van der Waals surface area contributed by atoms with Crippen LogP contribution < -0.4 is 9.30 Å². The van der Waals surface area contributed by atoms with Gasteiger partial charge < -0.3 is 4.74 Å². The first-order valence-corrected chi connectivity index (χ1v) is 15.0. The maximum absolute atomic E-state index is 13.0. The molecule has 0 aliphatic rings. The molecular formula is C32H48ClN2O3+. The number of nitrogens with zero attached hydrogens (tertiary/aromatic N) is 2. The molecule has 0 spiro atoms. The molecule has 1 aromatic carbocycles. The molecule has 38 heavy (non-hydrogen) atoms. The van der Waals surface area contributed by atoms with Gasteiger partial charge in [-0.15, -0.1) is 0 Å². The first kappa shape index (κ1) is 31.8. The zero-order valence-electron chi connectivity index (χ0n) is 23.9. The van der Waals surface area contributed by atoms with Gasteiger partial charge in [0.2, 0.25) is 5.91 Å². The summed E-state index contributed by atoms with van der Waals surface area (Å²) in [7, 11) is 1.99. The average Bonchev–Trinajstić information content (AvgIpc) is 2.90. The fraction of sp³-hybridized carbons (Fsp3) is 0.594. The lowest BCUT2D eigenvalue weighted by atomic mass is 10.1. The summed E-state index contributed by atoms with van der Waals surface area (Å²) in [5, 5.41) is 0.398. The standard InChI is InChI=1S/C32H48ClN2O3/c1-4-5-6-7-8-9-10-11-12-13-14-17-25-38-31-22-21-28(26-30(31)33)32(37)35(27(2)36)24-18-20-29-19-15-16-23-34(29)3/h15-16,19,21-23,26H,4-14,17-18,20,24-25H2,1-3H3/q+1. The van der Waals surface area contributed by atoms with E-state index in [2.05, 4.69) is 17.6 Å². The lowest BCUT2D eigenvalue weighted by Crippen LogP contribution is -2.37. The second-order valence-corrected chi connectivity index (χ2v) is 10.7. The second-order valence-electron chi connectivity index (χ2n) is 10.3. The van der Waals surface area contributed by atoms with Gasteiger partial charge in [-0.25, -0.2) is 4.57 Å². The van der Waals surface area contributed by atoms with E-state index in [-0.39, 0.29) is 11.8 Å². The number of hydrogen-bond acceptors (Lipinski definition) is 3. The molecule has 1 heterocycles. The van der Waals surface area contributed by atoms with Crippen molar-refractivity contribution in [3.8, 4) is 5.75 Å². The Hall–Kier alpha value is -2.40. The zero-order valence-corrected chi connectivity index (χ0v) is 24.6. The molecule has 0 N–H and O–H groups in total. The third-order valence-corrected chi connectivity index (χ3v) is 7.33. The molecule has 0 bridgehead atoms. The van der Waals surface area contributed by atoms with E-state index < -0.39 is 0 Å². The zero-order chi connectivity index (χ0) is 27.6. The maximum atomic E-state index is 13.0. The smallest absolute Gasteiger partial charge is 0.260 e. The number of unbranched alkanes of at least 4 members (excludes halogenated alkanes) is 11. The fourth-order valence-electron chi connectivity index (χ4n) is 4.67. The molecule has 2 aromatic rings. The van der Waals surface area contributed by atoms with Crippen LogP contribution in [0.4, 0.5) is 0 Å². The number of aromatic nitrogens is 1. The average molecular weight is 544 g/mol. The lowest BCUT2D eigenvalue weighted by molar-refractivity contribution is -0.679. The van der Waals surface area contributed by atoms with Gasteiger partial charge in [0, 0.05) is 37.6 Å². The van der Waals surface area contributed by atoms with Crippen molar-refractivity contribution >= 4 is 23.4 Å². The van der Waals surface area contributed by atoms with Crippen LogP contribution >= 0.6 is 11.6 Å². The van der Waals surface area contributed by atoms with Crippen molar-refractivity contribution in [1.82, 2.24) is 4.90 Å². The Bertz CT molecular complexity index is 979. The Labute approximate surface area is 235 Å². The quantitative estimate of drug-likeness (QED) is 0.134. The normalized spacial score (nSPS) is 10.9. The molecule has 5 nitrogen and oxygen atoms in total. The van der Waals surface area contributed by atoms with Crippen molar-refractivity contribution in [1.29, 1.82) is 0 Å². The van der Waals surface area contributed by atoms with E-state index in [1.54, 1.807) is 18.2 Å². The summed E-state index contributed by atoms with van der Waals surface area (Å²) < 4.78 is 7.92. The number of halogens is 1. The minimum absolute atomic E-state index is 0.268. The van der Waals surface area contributed by atoms with E-state index >= 15 is 0 Å². The summed E-state index contributed by atoms with van der Waals surface area (Å²) in [5.74, 6) is -0.0163. The van der Waals surface area contributed by atoms with Gasteiger partial charge in [0.1, 0.15) is 12.8 Å². The van der Waals surface area contributed by atoms with Crippen LogP contribution in [0, 0.1) is 0 Å². The van der Waals surface area contributed by atoms with Gasteiger partial charge in [-0.2, -0.15) is 0 Å². The minimum atomic E-state index is -0.329. The third-order valence-electron chi connectivity index (χ3n) is 7.04. The predicted molar refractivity (Wildman–Crippen MR) is 156 cm³/mol. The third kappa shape index (κ3) is 12.0. The summed E-state index contributed by atoms with van der Waals surface area (Å²) >= 11 is 6.43. The van der Waals surface area contributed by atoms with Crippen LogP contribution in [0.15, 0.2) is 42.6 Å². The predicted octanol–water partition coefficient (Wildman–Crippen LogP) is 7.87. The number of carbonyl (C=O) groups excluding carboxylic acids is 2. The van der Waals surface area contributed by atoms with Crippen molar-refractivity contribution in [2.45, 2.75) is 104 Å². The fourth-order valence-corrected chi connectivity index (χ4v) is 4.91. The van der Waals surface area contributed by atoms with Crippen LogP contribution in [-0.2, 0) is 18.3 Å². The Morgan fingerprint density at radius 2 is 1.50 bits per heavy atom. The molecule has 2 rings (SSSR count). The monoisotopic (exact) mass is 543 g/mol. The Morgan fingerprint density at radius 3 is 2.08 bits per heavy atom. The molecule has 0 aliphatic heterocycles. The summed E-state index contributed by atoms with van der Waals surface area (Å²) in [6.45, 7) is 4.66. The van der Waals surface area contributed by atoms with Crippen molar-refractivity contribution in [3.63, 3.8) is 0 Å². The minimum Gasteiger partial charge on any atom is -0.492 e. The Kier molecular flexibility index (Phi) is 15.7. The molecule has 6 heteroatoms. The van der Waals surface area contributed by atoms with Gasteiger partial charge in [-0.05, 0) is 31.0 Å². The van der Waals surface area contributed by atoms with E-state index in [1.165, 1.54) is 76.0 Å². The van der Waals surface area contributed by atoms with Crippen molar-refractivity contribution in [2.24, 2.45) is 7.05 Å². The molecular weight excluding hydrogens is 496 g/mol. The van der Waals surface area contributed by atoms with Crippen molar-refractivity contribution < 1.29 is 18.9 Å². The number of amides is 2. The topological polar surface area (TPSA) is 50.5 Å². The molecule has 0 atom stereocenters. The van der Waals surface area contributed by atoms with Gasteiger partial charge in [-0.3, -0.25) is 14.5 Å². The van der Waals surface area contributed by atoms with Crippen LogP contribution in [0.5, 0.6) is 5.75 Å². The second kappa shape index (κ2) is 18.8. The Balaban J connectivity index is 1.68. The summed E-state index contributed by atoms with van der Waals surface area (Å²) in [6.07, 6.45) is 19.1. The van der Waals surface area contributed by atoms with Gasteiger partial charge >= 0.3 is 0 Å². The van der Waals surface area contributed by atoms with Crippen LogP contribution in [0.3, 0.4) is 0 Å². The number of imide groups is 1. The van der Waals surface area contributed by atoms with E-state index in [0.29, 0.717) is 35.9 Å². The SMILES string of the molecule is CCCCCCCCCCCCCCOc1ccc(C(=O)N(CCCc2cccc[n+]2C)C(C)=O)cc1Cl. The van der Waals surface area contributed by atoms with Crippen LogP contribution in [0.25, 0.3) is 0 Å². The maximum Gasteiger partial charge on any atom is 0.260 e. The molecule has 0 unspecified atom stereocenters. The van der Waals surface area contributed by atoms with E-state index in [0.717, 1.165) is 25.0 Å². The summed E-state index contributed by atoms with van der Waals surface area (Å²) in [6, 6.07) is 11.1. The van der Waals surface area contributed by atoms with E-state index in [9.17, 15) is 9.59 Å². The van der Waals surface area contributed by atoms with Crippen molar-refractivity contribution in [3.05, 3.63) is 58.9 Å². The highest BCUT2D eigenvalue weighted by molar-refractivity contribution is 6.32. The molecule has 210 valence electrons. The van der Waals surface area contributed by atoms with Crippen LogP contribution in [0.2, 0.25) is 5.02 Å². The molecule has 0 saturated carbocycles. The first-order chi connectivity index (χ1) is 18.4. The number of rotatable bonds is 19. The highest BCUT2D eigenvalue weighted by Gasteiger charge is 2.21. The largest absolute Gasteiger partial charge is 0.492 e. The number of benzene rings is 1. The number of ether oxygens (including phenoxy) is 1. The molecule has 0 radical (unpaired) electrons. The highest BCUT2D eigenvalue weighted by atomic mass is 35.5. The van der Waals surface area contributed by atoms with Gasteiger partial charge in [-0.1, -0.05) is 95.2 Å². The van der Waals surface area contributed by atoms with Crippen LogP contribution in [0.1, 0.15) is 113 Å².